The molecular weight excluding hydrogens is 151 g/mol. The predicted octanol–water partition coefficient (Wildman–Crippen LogP) is -0.156. The van der Waals surface area contributed by atoms with E-state index in [9.17, 15) is 9.18 Å². The van der Waals surface area contributed by atoms with E-state index in [2.05, 4.69) is 15.5 Å². The number of nitrogens with zero attached hydrogens (tertiary/aromatic N) is 4. The molecule has 60 valence electrons. The van der Waals surface area contributed by atoms with Crippen LogP contribution in [-0.4, -0.2) is 32.7 Å². The van der Waals surface area contributed by atoms with Gasteiger partial charge in [0.25, 0.3) is 0 Å². The number of carbonyl (C=O) groups is 1. The quantitative estimate of drug-likeness (QED) is 0.573. The van der Waals surface area contributed by atoms with Gasteiger partial charge in [-0.2, -0.15) is 0 Å². The molecular formula is C5H7FN4O. The van der Waals surface area contributed by atoms with E-state index >= 15 is 0 Å². The van der Waals surface area contributed by atoms with Gasteiger partial charge in [0.2, 0.25) is 5.82 Å². The molecule has 0 amide bonds. The van der Waals surface area contributed by atoms with Gasteiger partial charge in [-0.3, -0.25) is 4.79 Å². The van der Waals surface area contributed by atoms with Crippen LogP contribution in [0.3, 0.4) is 0 Å². The van der Waals surface area contributed by atoms with Crippen molar-refractivity contribution in [3.8, 4) is 0 Å². The summed E-state index contributed by atoms with van der Waals surface area (Å²) in [5.74, 6) is 0.0505. The second kappa shape index (κ2) is 3.18. The van der Waals surface area contributed by atoms with Gasteiger partial charge in [-0.15, -0.1) is 5.10 Å². The van der Waals surface area contributed by atoms with Crippen molar-refractivity contribution in [1.82, 2.24) is 20.2 Å². The maximum atomic E-state index is 12.3. The van der Waals surface area contributed by atoms with Crippen molar-refractivity contribution in [1.29, 1.82) is 0 Å². The Morgan fingerprint density at radius 3 is 3.09 bits per heavy atom. The second-order valence-corrected chi connectivity index (χ2v) is 2.12. The van der Waals surface area contributed by atoms with E-state index in [1.165, 1.54) is 6.92 Å². The molecule has 0 saturated carbocycles. The summed E-state index contributed by atoms with van der Waals surface area (Å²) in [6.45, 7) is 1.39. The van der Waals surface area contributed by atoms with Crippen LogP contribution in [0.4, 0.5) is 4.39 Å². The van der Waals surface area contributed by atoms with Crippen LogP contribution >= 0.6 is 0 Å². The molecule has 0 N–H and O–H groups in total. The van der Waals surface area contributed by atoms with Crippen molar-refractivity contribution >= 4 is 6.29 Å². The lowest BCUT2D eigenvalue weighted by molar-refractivity contribution is 0.110. The number of aromatic nitrogens is 4. The first-order chi connectivity index (χ1) is 5.24. The first kappa shape index (κ1) is 7.77. The predicted molar refractivity (Wildman–Crippen MR) is 33.8 cm³/mol. The number of alkyl halides is 1. The fraction of sp³-hybridized carbons (Fsp3) is 0.600. The highest BCUT2D eigenvalue weighted by Crippen LogP contribution is 1.94. The number of hydrogen-bond acceptors (Lipinski definition) is 4. The van der Waals surface area contributed by atoms with Crippen LogP contribution in [0, 0.1) is 0 Å². The maximum Gasteiger partial charge on any atom is 0.215 e. The third kappa shape index (κ3) is 1.79. The molecule has 1 unspecified atom stereocenters. The highest BCUT2D eigenvalue weighted by Gasteiger charge is 2.06. The average molecular weight is 158 g/mol. The zero-order valence-electron chi connectivity index (χ0n) is 5.94. The molecule has 1 atom stereocenters. The summed E-state index contributed by atoms with van der Waals surface area (Å²) in [5.41, 5.74) is 0. The van der Waals surface area contributed by atoms with Crippen LogP contribution in [0.25, 0.3) is 0 Å². The van der Waals surface area contributed by atoms with Gasteiger partial charge >= 0.3 is 0 Å². The summed E-state index contributed by atoms with van der Waals surface area (Å²) in [5, 5.41) is 9.98. The largest absolute Gasteiger partial charge is 0.294 e. The van der Waals surface area contributed by atoms with Crippen LogP contribution in [0.2, 0.25) is 0 Å². The molecule has 0 saturated heterocycles. The Hall–Kier alpha value is -1.33. The molecule has 11 heavy (non-hydrogen) atoms. The lowest BCUT2D eigenvalue weighted by Crippen LogP contribution is -2.12. The summed E-state index contributed by atoms with van der Waals surface area (Å²) >= 11 is 0. The third-order valence-electron chi connectivity index (χ3n) is 1.09. The van der Waals surface area contributed by atoms with E-state index in [-0.39, 0.29) is 12.4 Å². The zero-order chi connectivity index (χ0) is 8.27. The summed E-state index contributed by atoms with van der Waals surface area (Å²) < 4.78 is 13.5. The minimum Gasteiger partial charge on any atom is -0.294 e. The van der Waals surface area contributed by atoms with Gasteiger partial charge in [-0.1, -0.05) is 0 Å². The molecule has 0 aliphatic rings. The topological polar surface area (TPSA) is 60.7 Å². The van der Waals surface area contributed by atoms with Crippen LogP contribution in [0.15, 0.2) is 0 Å². The van der Waals surface area contributed by atoms with Crippen LogP contribution in [-0.2, 0) is 6.54 Å². The second-order valence-electron chi connectivity index (χ2n) is 2.12. The summed E-state index contributed by atoms with van der Waals surface area (Å²) in [4.78, 5) is 10.2. The number of rotatable bonds is 3. The van der Waals surface area contributed by atoms with E-state index in [0.717, 1.165) is 4.68 Å². The van der Waals surface area contributed by atoms with Crippen molar-refractivity contribution < 1.29 is 9.18 Å². The lowest BCUT2D eigenvalue weighted by Gasteiger charge is -1.99. The van der Waals surface area contributed by atoms with E-state index < -0.39 is 6.17 Å². The minimum atomic E-state index is -1.06. The molecule has 6 heteroatoms. The van der Waals surface area contributed by atoms with Gasteiger partial charge in [0, 0.05) is 0 Å². The fourth-order valence-electron chi connectivity index (χ4n) is 0.664. The van der Waals surface area contributed by atoms with Crippen molar-refractivity contribution in [2.45, 2.75) is 19.6 Å². The van der Waals surface area contributed by atoms with Crippen molar-refractivity contribution in [3.05, 3.63) is 5.82 Å². The smallest absolute Gasteiger partial charge is 0.215 e. The molecule has 1 heterocycles. The van der Waals surface area contributed by atoms with Gasteiger partial charge in [0.1, 0.15) is 6.17 Å². The molecule has 0 radical (unpaired) electrons. The molecule has 5 nitrogen and oxygen atoms in total. The number of aldehydes is 1. The zero-order valence-corrected chi connectivity index (χ0v) is 5.94. The van der Waals surface area contributed by atoms with Crippen LogP contribution in [0.1, 0.15) is 17.5 Å². The Morgan fingerprint density at radius 2 is 2.55 bits per heavy atom. The average Bonchev–Trinajstić information content (AvgIpc) is 2.34. The lowest BCUT2D eigenvalue weighted by atomic mass is 10.4. The molecule has 0 bridgehead atoms. The number of carbonyl (C=O) groups excluding carboxylic acids is 1. The van der Waals surface area contributed by atoms with E-state index in [1.807, 2.05) is 0 Å². The summed E-state index contributed by atoms with van der Waals surface area (Å²) in [6.07, 6.45) is -0.570. The molecule has 1 rings (SSSR count). The van der Waals surface area contributed by atoms with Gasteiger partial charge < -0.3 is 0 Å². The normalized spacial score (nSPS) is 12.9. The molecule has 1 aromatic heterocycles. The fourth-order valence-corrected chi connectivity index (χ4v) is 0.664. The van der Waals surface area contributed by atoms with Crippen molar-refractivity contribution in [2.75, 3.05) is 0 Å². The molecule has 0 aromatic carbocycles. The summed E-state index contributed by atoms with van der Waals surface area (Å²) in [7, 11) is 0. The molecule has 0 aliphatic carbocycles. The van der Waals surface area contributed by atoms with Crippen molar-refractivity contribution in [3.63, 3.8) is 0 Å². The van der Waals surface area contributed by atoms with Gasteiger partial charge in [-0.05, 0) is 17.4 Å². The van der Waals surface area contributed by atoms with Gasteiger partial charge in [0.15, 0.2) is 6.29 Å². The van der Waals surface area contributed by atoms with Crippen LogP contribution < -0.4 is 0 Å². The highest BCUT2D eigenvalue weighted by molar-refractivity contribution is 5.68. The highest BCUT2D eigenvalue weighted by atomic mass is 19.1. The minimum absolute atomic E-state index is 0.0150. The van der Waals surface area contributed by atoms with Gasteiger partial charge in [-0.25, -0.2) is 9.07 Å². The van der Waals surface area contributed by atoms with Crippen molar-refractivity contribution in [2.24, 2.45) is 0 Å². The summed E-state index contributed by atoms with van der Waals surface area (Å²) in [6, 6.07) is 0. The Bertz CT molecular complexity index is 246. The van der Waals surface area contributed by atoms with Gasteiger partial charge in [0.05, 0.1) is 6.54 Å². The van der Waals surface area contributed by atoms with Crippen LogP contribution in [0.5, 0.6) is 0 Å². The first-order valence-corrected chi connectivity index (χ1v) is 3.09. The maximum absolute atomic E-state index is 12.3. The Kier molecular flexibility index (Phi) is 2.25. The molecule has 0 fully saturated rings. The number of tetrazole rings is 1. The van der Waals surface area contributed by atoms with E-state index in [0.29, 0.717) is 6.29 Å². The number of hydrogen-bond donors (Lipinski definition) is 0. The molecule has 0 spiro atoms. The molecule has 1 aromatic rings. The Balaban J connectivity index is 2.76. The first-order valence-electron chi connectivity index (χ1n) is 3.09. The number of halogens is 1. The standard InChI is InChI=1S/C5H7FN4O/c1-4(6)2-10-5(3-11)7-8-9-10/h3-4H,2H2,1H3. The molecule has 0 aliphatic heterocycles. The van der Waals surface area contributed by atoms with E-state index in [4.69, 9.17) is 0 Å². The monoisotopic (exact) mass is 158 g/mol. The van der Waals surface area contributed by atoms with E-state index in [1.54, 1.807) is 0 Å². The third-order valence-corrected chi connectivity index (χ3v) is 1.09. The Labute approximate surface area is 62.2 Å². The SMILES string of the molecule is CC(F)Cn1nnnc1C=O. The Morgan fingerprint density at radius 1 is 1.82 bits per heavy atom.